The average molecular weight is 518 g/mol. The SMILES string of the molecule is O=C(CSc1nc2ccc(NC(=O)c3ccc(Cl)cc3)cc2s1)c1ccc(Br)cc1. The molecule has 4 rings (SSSR count). The van der Waals surface area contributed by atoms with E-state index in [4.69, 9.17) is 11.6 Å². The van der Waals surface area contributed by atoms with Gasteiger partial charge in [-0.15, -0.1) is 11.3 Å². The van der Waals surface area contributed by atoms with Gasteiger partial charge in [-0.3, -0.25) is 9.59 Å². The molecule has 4 nitrogen and oxygen atoms in total. The maximum absolute atomic E-state index is 12.4. The van der Waals surface area contributed by atoms with Crippen molar-refractivity contribution in [3.63, 3.8) is 0 Å². The van der Waals surface area contributed by atoms with Crippen molar-refractivity contribution in [2.75, 3.05) is 11.1 Å². The molecule has 30 heavy (non-hydrogen) atoms. The Morgan fingerprint density at radius 3 is 2.43 bits per heavy atom. The van der Waals surface area contributed by atoms with Crippen LogP contribution in [0.4, 0.5) is 5.69 Å². The van der Waals surface area contributed by atoms with Crippen molar-refractivity contribution in [1.82, 2.24) is 4.98 Å². The maximum Gasteiger partial charge on any atom is 0.255 e. The number of anilines is 1. The number of benzene rings is 3. The number of carbonyl (C=O) groups excluding carboxylic acids is 2. The van der Waals surface area contributed by atoms with E-state index in [1.54, 1.807) is 36.4 Å². The van der Waals surface area contributed by atoms with Crippen LogP contribution in [0.1, 0.15) is 20.7 Å². The second kappa shape index (κ2) is 9.31. The van der Waals surface area contributed by atoms with Gasteiger partial charge in [-0.25, -0.2) is 4.98 Å². The Morgan fingerprint density at radius 2 is 1.70 bits per heavy atom. The van der Waals surface area contributed by atoms with Crippen molar-refractivity contribution in [3.05, 3.63) is 87.4 Å². The molecule has 0 bridgehead atoms. The normalized spacial score (nSPS) is 10.9. The summed E-state index contributed by atoms with van der Waals surface area (Å²) in [6.45, 7) is 0. The zero-order chi connectivity index (χ0) is 21.1. The predicted octanol–water partition coefficient (Wildman–Crippen LogP) is 6.94. The number of halogens is 2. The topological polar surface area (TPSA) is 59.1 Å². The lowest BCUT2D eigenvalue weighted by Gasteiger charge is -2.05. The smallest absolute Gasteiger partial charge is 0.255 e. The lowest BCUT2D eigenvalue weighted by Crippen LogP contribution is -2.11. The first kappa shape index (κ1) is 21.1. The molecule has 3 aromatic carbocycles. The molecule has 0 aliphatic rings. The molecule has 150 valence electrons. The summed E-state index contributed by atoms with van der Waals surface area (Å²) < 4.78 is 2.70. The van der Waals surface area contributed by atoms with E-state index >= 15 is 0 Å². The van der Waals surface area contributed by atoms with Gasteiger partial charge in [0.2, 0.25) is 0 Å². The Morgan fingerprint density at radius 1 is 1.00 bits per heavy atom. The third-order valence-corrected chi connectivity index (χ3v) is 7.17. The van der Waals surface area contributed by atoms with Crippen LogP contribution in [0.2, 0.25) is 5.02 Å². The summed E-state index contributed by atoms with van der Waals surface area (Å²) in [5, 5.41) is 3.47. The Balaban J connectivity index is 1.43. The summed E-state index contributed by atoms with van der Waals surface area (Å²) in [6, 6.07) is 19.6. The van der Waals surface area contributed by atoms with Gasteiger partial charge in [0.1, 0.15) is 0 Å². The van der Waals surface area contributed by atoms with Gasteiger partial charge in [-0.1, -0.05) is 51.4 Å². The van der Waals surface area contributed by atoms with Crippen molar-refractivity contribution in [2.45, 2.75) is 4.34 Å². The van der Waals surface area contributed by atoms with Gasteiger partial charge >= 0.3 is 0 Å². The largest absolute Gasteiger partial charge is 0.322 e. The van der Waals surface area contributed by atoms with Crippen LogP contribution in [-0.2, 0) is 0 Å². The Labute approximate surface area is 194 Å². The number of thioether (sulfide) groups is 1. The minimum atomic E-state index is -0.203. The van der Waals surface area contributed by atoms with Crippen LogP contribution in [0.3, 0.4) is 0 Å². The fourth-order valence-corrected chi connectivity index (χ4v) is 5.09. The van der Waals surface area contributed by atoms with E-state index in [9.17, 15) is 9.59 Å². The molecule has 0 aliphatic carbocycles. The van der Waals surface area contributed by atoms with E-state index in [0.29, 0.717) is 27.6 Å². The number of nitrogens with zero attached hydrogens (tertiary/aromatic N) is 1. The van der Waals surface area contributed by atoms with Crippen molar-refractivity contribution in [2.24, 2.45) is 0 Å². The van der Waals surface area contributed by atoms with Crippen molar-refractivity contribution in [3.8, 4) is 0 Å². The average Bonchev–Trinajstić information content (AvgIpc) is 3.15. The van der Waals surface area contributed by atoms with E-state index in [2.05, 4.69) is 26.2 Å². The quantitative estimate of drug-likeness (QED) is 0.222. The number of amides is 1. The molecular weight excluding hydrogens is 504 g/mol. The van der Waals surface area contributed by atoms with Gasteiger partial charge in [-0.2, -0.15) is 0 Å². The summed E-state index contributed by atoms with van der Waals surface area (Å²) >= 11 is 12.2. The number of hydrogen-bond donors (Lipinski definition) is 1. The Kier molecular flexibility index (Phi) is 6.53. The molecule has 4 aromatic rings. The van der Waals surface area contributed by atoms with Crippen molar-refractivity contribution in [1.29, 1.82) is 0 Å². The van der Waals surface area contributed by atoms with Crippen molar-refractivity contribution >= 4 is 78.2 Å². The summed E-state index contributed by atoms with van der Waals surface area (Å²) in [5.74, 6) is 0.176. The number of Topliss-reactive ketones (excluding diaryl/α,β-unsaturated/α-hetero) is 1. The van der Waals surface area contributed by atoms with Gasteiger partial charge < -0.3 is 5.32 Å². The molecule has 0 aliphatic heterocycles. The van der Waals surface area contributed by atoms with E-state index < -0.39 is 0 Å². The van der Waals surface area contributed by atoms with Crippen LogP contribution in [0.15, 0.2) is 75.5 Å². The maximum atomic E-state index is 12.4. The third kappa shape index (κ3) is 5.10. The lowest BCUT2D eigenvalue weighted by atomic mass is 10.2. The van der Waals surface area contributed by atoms with E-state index in [1.165, 1.54) is 23.1 Å². The molecule has 0 saturated carbocycles. The zero-order valence-electron chi connectivity index (χ0n) is 15.4. The van der Waals surface area contributed by atoms with Gasteiger partial charge in [-0.05, 0) is 54.6 Å². The first-order chi connectivity index (χ1) is 14.5. The molecule has 0 fully saturated rings. The standard InChI is InChI=1S/C22H14BrClN2O2S2/c23-15-5-1-13(2-6-15)19(27)12-29-22-26-18-10-9-17(11-20(18)30-22)25-21(28)14-3-7-16(24)8-4-14/h1-11H,12H2,(H,25,28). The van der Waals surface area contributed by atoms with Gasteiger partial charge in [0.25, 0.3) is 5.91 Å². The van der Waals surface area contributed by atoms with Crippen molar-refractivity contribution < 1.29 is 9.59 Å². The van der Waals surface area contributed by atoms with Gasteiger partial charge in [0.15, 0.2) is 10.1 Å². The van der Waals surface area contributed by atoms with Crippen LogP contribution < -0.4 is 5.32 Å². The number of hydrogen-bond acceptors (Lipinski definition) is 5. The third-order valence-electron chi connectivity index (χ3n) is 4.23. The minimum absolute atomic E-state index is 0.0580. The fourth-order valence-electron chi connectivity index (χ4n) is 2.69. The molecule has 1 aromatic heterocycles. The highest BCUT2D eigenvalue weighted by Gasteiger charge is 2.11. The molecule has 0 radical (unpaired) electrons. The fraction of sp³-hybridized carbons (Fsp3) is 0.0455. The summed E-state index contributed by atoms with van der Waals surface area (Å²) in [5.41, 5.74) is 2.74. The predicted molar refractivity (Wildman–Crippen MR) is 128 cm³/mol. The summed E-state index contributed by atoms with van der Waals surface area (Å²) in [7, 11) is 0. The highest BCUT2D eigenvalue weighted by molar-refractivity contribution is 9.10. The number of thiazole rings is 1. The van der Waals surface area contributed by atoms with Crippen LogP contribution >= 0.6 is 50.6 Å². The molecule has 0 atom stereocenters. The highest BCUT2D eigenvalue weighted by atomic mass is 79.9. The van der Waals surface area contributed by atoms with Gasteiger partial charge in [0, 0.05) is 26.3 Å². The number of ketones is 1. The van der Waals surface area contributed by atoms with Crippen LogP contribution in [-0.4, -0.2) is 22.4 Å². The van der Waals surface area contributed by atoms with E-state index in [1.807, 2.05) is 30.3 Å². The molecule has 1 heterocycles. The number of carbonyl (C=O) groups is 2. The van der Waals surface area contributed by atoms with Gasteiger partial charge in [0.05, 0.1) is 16.0 Å². The Hall–Kier alpha value is -2.19. The highest BCUT2D eigenvalue weighted by Crippen LogP contribution is 2.32. The molecule has 0 spiro atoms. The first-order valence-electron chi connectivity index (χ1n) is 8.87. The number of fused-ring (bicyclic) bond motifs is 1. The number of rotatable bonds is 6. The molecule has 1 N–H and O–H groups in total. The minimum Gasteiger partial charge on any atom is -0.322 e. The molecule has 1 amide bonds. The number of nitrogens with one attached hydrogen (secondary N) is 1. The lowest BCUT2D eigenvalue weighted by molar-refractivity contribution is 0.101. The molecule has 0 saturated heterocycles. The number of aromatic nitrogens is 1. The summed E-state index contributed by atoms with van der Waals surface area (Å²) in [6.07, 6.45) is 0. The summed E-state index contributed by atoms with van der Waals surface area (Å²) in [4.78, 5) is 29.3. The molecule has 8 heteroatoms. The Bertz CT molecular complexity index is 1220. The van der Waals surface area contributed by atoms with Crippen LogP contribution in [0.25, 0.3) is 10.2 Å². The first-order valence-corrected chi connectivity index (χ1v) is 11.8. The molecular formula is C22H14BrClN2O2S2. The van der Waals surface area contributed by atoms with Crippen LogP contribution in [0, 0.1) is 0 Å². The van der Waals surface area contributed by atoms with Crippen LogP contribution in [0.5, 0.6) is 0 Å². The second-order valence-electron chi connectivity index (χ2n) is 6.34. The zero-order valence-corrected chi connectivity index (χ0v) is 19.4. The van der Waals surface area contributed by atoms with E-state index in [-0.39, 0.29) is 11.7 Å². The monoisotopic (exact) mass is 516 g/mol. The molecule has 0 unspecified atom stereocenters. The van der Waals surface area contributed by atoms with E-state index in [0.717, 1.165) is 19.0 Å². The second-order valence-corrected chi connectivity index (χ2v) is 9.95.